The van der Waals surface area contributed by atoms with E-state index in [1.807, 2.05) is 0 Å². The fraction of sp³-hybridized carbons (Fsp3) is 0.909. The van der Waals surface area contributed by atoms with Gasteiger partial charge in [0.2, 0.25) is 0 Å². The minimum Gasteiger partial charge on any atom is -0.300 e. The van der Waals surface area contributed by atoms with Gasteiger partial charge in [-0.25, -0.2) is 0 Å². The highest BCUT2D eigenvalue weighted by atomic mass is 15.2. The third-order valence-corrected chi connectivity index (χ3v) is 3.49. The summed E-state index contributed by atoms with van der Waals surface area (Å²) in [6.45, 7) is 4.90. The van der Waals surface area contributed by atoms with Crippen molar-refractivity contribution >= 4 is 0 Å². The molecule has 0 aromatic carbocycles. The Balaban J connectivity index is 1.76. The Morgan fingerprint density at radius 3 is 2.23 bits per heavy atom. The maximum Gasteiger partial charge on any atom is 0.0655 e. The van der Waals surface area contributed by atoms with Crippen LogP contribution < -0.4 is 0 Å². The second-order valence-electron chi connectivity index (χ2n) is 4.69. The molecule has 1 heterocycles. The van der Waals surface area contributed by atoms with E-state index in [1.54, 1.807) is 0 Å². The molecule has 2 fully saturated rings. The van der Waals surface area contributed by atoms with E-state index in [2.05, 4.69) is 17.9 Å². The van der Waals surface area contributed by atoms with Crippen molar-refractivity contribution in [1.29, 1.82) is 5.26 Å². The molecule has 0 unspecified atom stereocenters. The first kappa shape index (κ1) is 9.02. The first-order valence-corrected chi connectivity index (χ1v) is 5.43. The lowest BCUT2D eigenvalue weighted by atomic mass is 9.84. The topological polar surface area (TPSA) is 27.0 Å². The predicted molar refractivity (Wildman–Crippen MR) is 52.1 cm³/mol. The van der Waals surface area contributed by atoms with Crippen LogP contribution in [0.3, 0.4) is 0 Å². The molecule has 1 saturated carbocycles. The van der Waals surface area contributed by atoms with Crippen LogP contribution in [-0.4, -0.2) is 24.0 Å². The van der Waals surface area contributed by atoms with Crippen LogP contribution in [0.4, 0.5) is 0 Å². The normalized spacial score (nSPS) is 36.6. The number of nitrogens with zero attached hydrogens (tertiary/aromatic N) is 2. The van der Waals surface area contributed by atoms with Gasteiger partial charge in [0.25, 0.3) is 0 Å². The number of hydrogen-bond acceptors (Lipinski definition) is 2. The summed E-state index contributed by atoms with van der Waals surface area (Å²) in [6.07, 6.45) is 4.77. The summed E-state index contributed by atoms with van der Waals surface area (Å²) < 4.78 is 0. The average Bonchev–Trinajstić information content (AvgIpc) is 2.13. The zero-order chi connectivity index (χ0) is 9.26. The third-order valence-electron chi connectivity index (χ3n) is 3.49. The van der Waals surface area contributed by atoms with Gasteiger partial charge in [0.1, 0.15) is 0 Å². The molecule has 0 N–H and O–H groups in total. The van der Waals surface area contributed by atoms with Crippen molar-refractivity contribution in [2.45, 2.75) is 38.6 Å². The van der Waals surface area contributed by atoms with Crippen LogP contribution in [0.1, 0.15) is 32.6 Å². The minimum absolute atomic E-state index is 0.356. The van der Waals surface area contributed by atoms with Gasteiger partial charge in [-0.15, -0.1) is 0 Å². The van der Waals surface area contributed by atoms with Crippen molar-refractivity contribution in [2.75, 3.05) is 13.1 Å². The number of rotatable bonds is 1. The molecule has 2 rings (SSSR count). The van der Waals surface area contributed by atoms with Crippen molar-refractivity contribution in [2.24, 2.45) is 11.8 Å². The van der Waals surface area contributed by atoms with E-state index in [0.717, 1.165) is 24.8 Å². The standard InChI is InChI=1S/C11H18N2/c1-9-7-13(8-9)11-4-2-10(6-12)3-5-11/h9-11H,2-5,7-8H2,1H3. The van der Waals surface area contributed by atoms with E-state index >= 15 is 0 Å². The molecular formula is C11H18N2. The summed E-state index contributed by atoms with van der Waals surface area (Å²) in [5.74, 6) is 1.27. The molecule has 0 spiro atoms. The van der Waals surface area contributed by atoms with Crippen LogP contribution >= 0.6 is 0 Å². The maximum atomic E-state index is 8.77. The number of likely N-dealkylation sites (tertiary alicyclic amines) is 1. The summed E-state index contributed by atoms with van der Waals surface area (Å²) in [6, 6.07) is 3.20. The molecule has 1 saturated heterocycles. The first-order chi connectivity index (χ1) is 6.29. The molecule has 2 nitrogen and oxygen atoms in total. The Bertz CT molecular complexity index is 205. The van der Waals surface area contributed by atoms with E-state index in [-0.39, 0.29) is 0 Å². The molecule has 0 bridgehead atoms. The first-order valence-electron chi connectivity index (χ1n) is 5.43. The molecule has 2 aliphatic rings. The molecule has 1 aliphatic carbocycles. The van der Waals surface area contributed by atoms with Crippen molar-refractivity contribution < 1.29 is 0 Å². The number of hydrogen-bond donors (Lipinski definition) is 0. The van der Waals surface area contributed by atoms with E-state index < -0.39 is 0 Å². The molecule has 0 atom stereocenters. The van der Waals surface area contributed by atoms with Gasteiger partial charge in [0.15, 0.2) is 0 Å². The van der Waals surface area contributed by atoms with Crippen LogP contribution in [-0.2, 0) is 0 Å². The largest absolute Gasteiger partial charge is 0.300 e. The van der Waals surface area contributed by atoms with Gasteiger partial charge in [-0.2, -0.15) is 5.26 Å². The lowest BCUT2D eigenvalue weighted by Gasteiger charge is -2.45. The zero-order valence-electron chi connectivity index (χ0n) is 8.37. The van der Waals surface area contributed by atoms with Gasteiger partial charge in [-0.05, 0) is 31.6 Å². The summed E-state index contributed by atoms with van der Waals surface area (Å²) in [4.78, 5) is 2.60. The average molecular weight is 178 g/mol. The van der Waals surface area contributed by atoms with Gasteiger partial charge >= 0.3 is 0 Å². The third kappa shape index (κ3) is 1.86. The van der Waals surface area contributed by atoms with Gasteiger partial charge in [-0.3, -0.25) is 4.90 Å². The second kappa shape index (κ2) is 3.67. The van der Waals surface area contributed by atoms with Crippen LogP contribution in [0.2, 0.25) is 0 Å². The second-order valence-corrected chi connectivity index (χ2v) is 4.69. The van der Waals surface area contributed by atoms with E-state index in [1.165, 1.54) is 25.9 Å². The van der Waals surface area contributed by atoms with Crippen LogP contribution in [0.15, 0.2) is 0 Å². The smallest absolute Gasteiger partial charge is 0.0655 e. The molecular weight excluding hydrogens is 160 g/mol. The Kier molecular flexibility index (Phi) is 2.55. The molecule has 0 radical (unpaired) electrons. The SMILES string of the molecule is CC1CN(C2CCC(C#N)CC2)C1. The maximum absolute atomic E-state index is 8.77. The highest BCUT2D eigenvalue weighted by molar-refractivity contribution is 4.92. The molecule has 0 amide bonds. The predicted octanol–water partition coefficient (Wildman–Crippen LogP) is 2.02. The minimum atomic E-state index is 0.356. The Labute approximate surface area is 80.5 Å². The summed E-state index contributed by atoms with van der Waals surface area (Å²) in [7, 11) is 0. The Hall–Kier alpha value is -0.550. The van der Waals surface area contributed by atoms with E-state index in [9.17, 15) is 0 Å². The van der Waals surface area contributed by atoms with Crippen molar-refractivity contribution in [3.8, 4) is 6.07 Å². The summed E-state index contributed by atoms with van der Waals surface area (Å²) in [5.41, 5.74) is 0. The molecule has 1 aliphatic heterocycles. The highest BCUT2D eigenvalue weighted by Crippen LogP contribution is 2.30. The van der Waals surface area contributed by atoms with Crippen molar-refractivity contribution in [3.63, 3.8) is 0 Å². The molecule has 72 valence electrons. The molecule has 13 heavy (non-hydrogen) atoms. The quantitative estimate of drug-likeness (QED) is 0.614. The van der Waals surface area contributed by atoms with Crippen molar-refractivity contribution in [1.82, 2.24) is 4.90 Å². The Morgan fingerprint density at radius 1 is 1.15 bits per heavy atom. The van der Waals surface area contributed by atoms with E-state index in [4.69, 9.17) is 5.26 Å². The van der Waals surface area contributed by atoms with Crippen molar-refractivity contribution in [3.05, 3.63) is 0 Å². The number of nitriles is 1. The summed E-state index contributed by atoms with van der Waals surface area (Å²) >= 11 is 0. The molecule has 0 aromatic rings. The van der Waals surface area contributed by atoms with Crippen LogP contribution in [0.5, 0.6) is 0 Å². The van der Waals surface area contributed by atoms with Crippen LogP contribution in [0, 0.1) is 23.2 Å². The van der Waals surface area contributed by atoms with Gasteiger partial charge in [0, 0.05) is 25.0 Å². The lowest BCUT2D eigenvalue weighted by molar-refractivity contribution is 0.0397. The fourth-order valence-electron chi connectivity index (χ4n) is 2.62. The van der Waals surface area contributed by atoms with Gasteiger partial charge in [0.05, 0.1) is 6.07 Å². The zero-order valence-corrected chi connectivity index (χ0v) is 8.37. The monoisotopic (exact) mass is 178 g/mol. The van der Waals surface area contributed by atoms with Crippen LogP contribution in [0.25, 0.3) is 0 Å². The van der Waals surface area contributed by atoms with Gasteiger partial charge in [-0.1, -0.05) is 6.92 Å². The fourth-order valence-corrected chi connectivity index (χ4v) is 2.62. The van der Waals surface area contributed by atoms with Gasteiger partial charge < -0.3 is 0 Å². The van der Waals surface area contributed by atoms with E-state index in [0.29, 0.717) is 5.92 Å². The molecule has 2 heteroatoms. The highest BCUT2D eigenvalue weighted by Gasteiger charge is 2.32. The lowest BCUT2D eigenvalue weighted by Crippen LogP contribution is -2.51. The Morgan fingerprint density at radius 2 is 1.77 bits per heavy atom. The summed E-state index contributed by atoms with van der Waals surface area (Å²) in [5, 5.41) is 8.77. The molecule has 0 aromatic heterocycles.